The largest absolute Gasteiger partial charge is 0.497 e. The summed E-state index contributed by atoms with van der Waals surface area (Å²) in [6, 6.07) is 7.20. The Morgan fingerprint density at radius 1 is 1.27 bits per heavy atom. The molecule has 2 aromatic rings. The summed E-state index contributed by atoms with van der Waals surface area (Å²) in [5.41, 5.74) is 3.34. The molecule has 0 N–H and O–H groups in total. The fourth-order valence-electron chi connectivity index (χ4n) is 3.82. The quantitative estimate of drug-likeness (QED) is 0.828. The van der Waals surface area contributed by atoms with Gasteiger partial charge in [0, 0.05) is 30.1 Å². The molecule has 4 heterocycles. The van der Waals surface area contributed by atoms with Crippen molar-refractivity contribution in [3.8, 4) is 5.75 Å². The minimum absolute atomic E-state index is 0.0205. The molecule has 0 radical (unpaired) electrons. The Morgan fingerprint density at radius 3 is 2.77 bits per heavy atom. The summed E-state index contributed by atoms with van der Waals surface area (Å²) in [5.74, 6) is 0.740. The number of aromatic nitrogens is 1. The summed E-state index contributed by atoms with van der Waals surface area (Å²) >= 11 is 1.54. The maximum atomic E-state index is 12.9. The number of carbonyl (C=O) groups excluding carboxylic acids is 2. The van der Waals surface area contributed by atoms with Crippen LogP contribution in [-0.2, 0) is 11.3 Å². The van der Waals surface area contributed by atoms with E-state index in [0.29, 0.717) is 25.2 Å². The lowest BCUT2D eigenvalue weighted by molar-refractivity contribution is -0.140. The van der Waals surface area contributed by atoms with Crippen LogP contribution in [0.5, 0.6) is 5.75 Å². The molecule has 0 aliphatic carbocycles. The van der Waals surface area contributed by atoms with Crippen molar-refractivity contribution in [2.45, 2.75) is 25.4 Å². The molecule has 3 saturated heterocycles. The highest BCUT2D eigenvalue weighted by molar-refractivity contribution is 7.07. The molecule has 3 fully saturated rings. The van der Waals surface area contributed by atoms with Gasteiger partial charge in [0.25, 0.3) is 5.91 Å². The van der Waals surface area contributed by atoms with E-state index < -0.39 is 0 Å². The Balaban J connectivity index is 1.53. The summed E-state index contributed by atoms with van der Waals surface area (Å²) in [4.78, 5) is 33.9. The zero-order valence-corrected chi connectivity index (χ0v) is 15.4. The number of benzene rings is 1. The van der Waals surface area contributed by atoms with E-state index in [1.54, 1.807) is 36.9 Å². The van der Waals surface area contributed by atoms with E-state index in [4.69, 9.17) is 4.74 Å². The second-order valence-corrected chi connectivity index (χ2v) is 7.53. The van der Waals surface area contributed by atoms with Gasteiger partial charge in [-0.05, 0) is 37.1 Å². The van der Waals surface area contributed by atoms with Crippen molar-refractivity contribution in [3.05, 3.63) is 46.4 Å². The third-order valence-electron chi connectivity index (χ3n) is 5.23. The second kappa shape index (κ2) is 7.07. The minimum atomic E-state index is -0.116. The Hall–Kier alpha value is -2.41. The number of carbonyl (C=O) groups is 2. The van der Waals surface area contributed by atoms with E-state index in [0.717, 1.165) is 24.3 Å². The smallest absolute Gasteiger partial charge is 0.253 e. The fraction of sp³-hybridized carbons (Fsp3) is 0.421. The molecule has 2 atom stereocenters. The monoisotopic (exact) mass is 371 g/mol. The van der Waals surface area contributed by atoms with Gasteiger partial charge in [0.15, 0.2) is 0 Å². The number of hydrogen-bond donors (Lipinski definition) is 0. The van der Waals surface area contributed by atoms with E-state index in [1.807, 2.05) is 15.2 Å². The van der Waals surface area contributed by atoms with Crippen molar-refractivity contribution in [1.82, 2.24) is 14.8 Å². The molecule has 3 aliphatic rings. The van der Waals surface area contributed by atoms with E-state index in [9.17, 15) is 9.59 Å². The molecule has 6 nitrogen and oxygen atoms in total. The molecular formula is C19H21N3O3S. The number of methoxy groups -OCH3 is 1. The second-order valence-electron chi connectivity index (χ2n) is 6.81. The fourth-order valence-corrected chi connectivity index (χ4v) is 4.37. The molecule has 2 bridgehead atoms. The number of nitrogens with zero attached hydrogens (tertiary/aromatic N) is 3. The molecule has 136 valence electrons. The third kappa shape index (κ3) is 3.19. The van der Waals surface area contributed by atoms with Crippen LogP contribution in [0, 0.1) is 5.92 Å². The summed E-state index contributed by atoms with van der Waals surface area (Å²) in [6.45, 7) is 1.61. The van der Waals surface area contributed by atoms with Gasteiger partial charge in [-0.2, -0.15) is 0 Å². The number of rotatable bonds is 4. The van der Waals surface area contributed by atoms with Crippen molar-refractivity contribution < 1.29 is 14.3 Å². The zero-order valence-electron chi connectivity index (χ0n) is 14.6. The molecular weight excluding hydrogens is 350 g/mol. The SMILES string of the molecule is COc1ccc(C(=O)N2C[C@H]3CC[C@@H](C2)N(Cc2cscn2)C3=O)cc1. The molecule has 7 heteroatoms. The number of ether oxygens (including phenoxy) is 1. The summed E-state index contributed by atoms with van der Waals surface area (Å²) < 4.78 is 5.16. The number of fused-ring (bicyclic) bond motifs is 4. The zero-order chi connectivity index (χ0) is 18.1. The average Bonchev–Trinajstić information content (AvgIpc) is 3.04. The maximum Gasteiger partial charge on any atom is 0.253 e. The van der Waals surface area contributed by atoms with Crippen molar-refractivity contribution in [1.29, 1.82) is 0 Å². The Kier molecular flexibility index (Phi) is 4.63. The van der Waals surface area contributed by atoms with E-state index in [1.165, 1.54) is 11.3 Å². The third-order valence-corrected chi connectivity index (χ3v) is 5.87. The van der Waals surface area contributed by atoms with Crippen LogP contribution in [0.2, 0.25) is 0 Å². The maximum absolute atomic E-state index is 12.9. The first-order valence-corrected chi connectivity index (χ1v) is 9.71. The van der Waals surface area contributed by atoms with Gasteiger partial charge in [0.1, 0.15) is 5.75 Å². The lowest BCUT2D eigenvalue weighted by Gasteiger charge is -2.35. The first kappa shape index (κ1) is 17.0. The highest BCUT2D eigenvalue weighted by Gasteiger charge is 2.42. The van der Waals surface area contributed by atoms with E-state index in [2.05, 4.69) is 4.98 Å². The summed E-state index contributed by atoms with van der Waals surface area (Å²) in [6.07, 6.45) is 1.79. The van der Waals surface area contributed by atoms with Crippen LogP contribution >= 0.6 is 11.3 Å². The molecule has 5 rings (SSSR count). The Labute approximate surface area is 156 Å². The van der Waals surface area contributed by atoms with E-state index >= 15 is 0 Å². The summed E-state index contributed by atoms with van der Waals surface area (Å²) in [5, 5.41) is 1.98. The average molecular weight is 371 g/mol. The minimum Gasteiger partial charge on any atom is -0.497 e. The molecule has 3 aliphatic heterocycles. The molecule has 0 unspecified atom stereocenters. The van der Waals surface area contributed by atoms with Crippen LogP contribution in [0.4, 0.5) is 0 Å². The van der Waals surface area contributed by atoms with Gasteiger partial charge >= 0.3 is 0 Å². The van der Waals surface area contributed by atoms with Gasteiger partial charge in [0.2, 0.25) is 5.91 Å². The van der Waals surface area contributed by atoms with Gasteiger partial charge in [-0.1, -0.05) is 0 Å². The molecule has 1 aromatic carbocycles. The highest BCUT2D eigenvalue weighted by Crippen LogP contribution is 2.31. The van der Waals surface area contributed by atoms with Gasteiger partial charge in [-0.15, -0.1) is 11.3 Å². The van der Waals surface area contributed by atoms with Gasteiger partial charge in [-0.3, -0.25) is 9.59 Å². The van der Waals surface area contributed by atoms with Gasteiger partial charge in [-0.25, -0.2) is 4.98 Å². The Bertz CT molecular complexity index is 791. The van der Waals surface area contributed by atoms with Crippen molar-refractivity contribution in [2.75, 3.05) is 20.2 Å². The topological polar surface area (TPSA) is 62.7 Å². The molecule has 0 spiro atoms. The van der Waals surface area contributed by atoms with Crippen molar-refractivity contribution in [2.24, 2.45) is 5.92 Å². The summed E-state index contributed by atoms with van der Waals surface area (Å²) in [7, 11) is 1.60. The number of thiazole rings is 1. The van der Waals surface area contributed by atoms with E-state index in [-0.39, 0.29) is 23.8 Å². The highest BCUT2D eigenvalue weighted by atomic mass is 32.1. The first-order chi connectivity index (χ1) is 12.7. The Morgan fingerprint density at radius 2 is 2.08 bits per heavy atom. The molecule has 1 aromatic heterocycles. The van der Waals surface area contributed by atoms with Gasteiger partial charge in [0.05, 0.1) is 30.8 Å². The van der Waals surface area contributed by atoms with Crippen molar-refractivity contribution >= 4 is 23.2 Å². The number of hydrogen-bond acceptors (Lipinski definition) is 5. The van der Waals surface area contributed by atoms with Crippen LogP contribution < -0.4 is 4.74 Å². The standard InChI is InChI=1S/C19H21N3O3S/c1-25-17-6-3-13(4-7-17)18(23)21-8-14-2-5-16(10-21)22(19(14)24)9-15-11-26-12-20-15/h3-4,6-7,11-12,14,16H,2,5,8-10H2,1H3/t14-,16+/m1/s1. The van der Waals surface area contributed by atoms with Crippen LogP contribution in [0.25, 0.3) is 0 Å². The lowest BCUT2D eigenvalue weighted by atomic mass is 9.94. The predicted molar refractivity (Wildman–Crippen MR) is 98.1 cm³/mol. The normalized spacial score (nSPS) is 22.4. The molecule has 2 amide bonds. The number of piperidine rings is 1. The van der Waals surface area contributed by atoms with Crippen LogP contribution in [0.3, 0.4) is 0 Å². The van der Waals surface area contributed by atoms with Crippen LogP contribution in [0.1, 0.15) is 28.9 Å². The first-order valence-electron chi connectivity index (χ1n) is 8.76. The number of amides is 2. The molecule has 26 heavy (non-hydrogen) atoms. The van der Waals surface area contributed by atoms with Crippen molar-refractivity contribution in [3.63, 3.8) is 0 Å². The van der Waals surface area contributed by atoms with Crippen LogP contribution in [-0.4, -0.2) is 52.8 Å². The molecule has 0 saturated carbocycles. The van der Waals surface area contributed by atoms with Crippen LogP contribution in [0.15, 0.2) is 35.2 Å². The predicted octanol–water partition coefficient (Wildman–Crippen LogP) is 2.41. The van der Waals surface area contributed by atoms with Gasteiger partial charge < -0.3 is 14.5 Å². The lowest BCUT2D eigenvalue weighted by Crippen LogP contribution is -2.47.